The topological polar surface area (TPSA) is 20.2 Å². The lowest BCUT2D eigenvalue weighted by Gasteiger charge is -2.11. The van der Waals surface area contributed by atoms with Gasteiger partial charge in [-0.05, 0) is 12.8 Å². The van der Waals surface area contributed by atoms with Crippen LogP contribution in [0.15, 0.2) is 12.3 Å². The quantitative estimate of drug-likeness (QED) is 0.584. The van der Waals surface area contributed by atoms with Gasteiger partial charge in [0.05, 0.1) is 5.76 Å². The summed E-state index contributed by atoms with van der Waals surface area (Å²) in [6.45, 7) is 7.78. The van der Waals surface area contributed by atoms with Gasteiger partial charge < -0.3 is 5.11 Å². The number of allylic oxidation sites excluding steroid dienone is 1. The summed E-state index contributed by atoms with van der Waals surface area (Å²) in [6.07, 6.45) is 4.49. The summed E-state index contributed by atoms with van der Waals surface area (Å²) in [5, 5.41) is 9.04. The van der Waals surface area contributed by atoms with Crippen LogP contribution in [0.4, 0.5) is 0 Å². The molecule has 60 valence electrons. The molecule has 1 unspecified atom stereocenters. The average Bonchev–Trinajstić information content (AvgIpc) is 1.89. The minimum Gasteiger partial charge on any atom is -0.513 e. The van der Waals surface area contributed by atoms with Crippen molar-refractivity contribution in [2.45, 2.75) is 39.5 Å². The van der Waals surface area contributed by atoms with Gasteiger partial charge in [0.2, 0.25) is 0 Å². The van der Waals surface area contributed by atoms with Crippen LogP contribution in [0.5, 0.6) is 0 Å². The largest absolute Gasteiger partial charge is 0.513 e. The van der Waals surface area contributed by atoms with Gasteiger partial charge in [-0.2, -0.15) is 0 Å². The van der Waals surface area contributed by atoms with Crippen LogP contribution in [0, 0.1) is 5.92 Å². The van der Waals surface area contributed by atoms with E-state index in [1.165, 1.54) is 12.8 Å². The molecule has 0 rings (SSSR count). The molecule has 1 nitrogen and oxygen atoms in total. The van der Waals surface area contributed by atoms with Gasteiger partial charge in [-0.3, -0.25) is 0 Å². The molecule has 0 aliphatic heterocycles. The summed E-state index contributed by atoms with van der Waals surface area (Å²) in [5.41, 5.74) is 0. The van der Waals surface area contributed by atoms with Gasteiger partial charge in [0.1, 0.15) is 0 Å². The number of unbranched alkanes of at least 4 members (excludes halogenated alkanes) is 1. The molecular formula is C9H18O. The molecule has 0 aliphatic carbocycles. The fourth-order valence-corrected chi connectivity index (χ4v) is 1.06. The van der Waals surface area contributed by atoms with Crippen molar-refractivity contribution in [1.82, 2.24) is 0 Å². The second-order valence-electron chi connectivity index (χ2n) is 2.74. The van der Waals surface area contributed by atoms with E-state index in [1.54, 1.807) is 0 Å². The van der Waals surface area contributed by atoms with Crippen molar-refractivity contribution >= 4 is 0 Å². The summed E-state index contributed by atoms with van der Waals surface area (Å²) < 4.78 is 0. The first kappa shape index (κ1) is 9.54. The summed E-state index contributed by atoms with van der Waals surface area (Å²) in [5.74, 6) is 0.691. The number of aliphatic hydroxyl groups is 1. The molecule has 1 atom stereocenters. The Hall–Kier alpha value is -0.460. The van der Waals surface area contributed by atoms with Crippen LogP contribution in [0.1, 0.15) is 39.5 Å². The van der Waals surface area contributed by atoms with E-state index in [4.69, 9.17) is 5.11 Å². The minimum absolute atomic E-state index is 0.333. The molecule has 0 bridgehead atoms. The molecular weight excluding hydrogens is 124 g/mol. The molecule has 0 saturated carbocycles. The van der Waals surface area contributed by atoms with Gasteiger partial charge in [0.15, 0.2) is 0 Å². The Balaban J connectivity index is 3.50. The van der Waals surface area contributed by atoms with Crippen molar-refractivity contribution in [2.24, 2.45) is 5.92 Å². The predicted molar refractivity (Wildman–Crippen MR) is 45.1 cm³/mol. The van der Waals surface area contributed by atoms with Crippen LogP contribution >= 0.6 is 0 Å². The lowest BCUT2D eigenvalue weighted by atomic mass is 9.98. The molecule has 0 radical (unpaired) electrons. The number of hydrogen-bond acceptors (Lipinski definition) is 1. The second-order valence-corrected chi connectivity index (χ2v) is 2.74. The molecule has 0 aromatic rings. The molecule has 0 fully saturated rings. The summed E-state index contributed by atoms with van der Waals surface area (Å²) >= 11 is 0. The van der Waals surface area contributed by atoms with E-state index in [0.717, 1.165) is 12.8 Å². The van der Waals surface area contributed by atoms with Gasteiger partial charge in [-0.1, -0.05) is 33.3 Å². The maximum atomic E-state index is 9.04. The summed E-state index contributed by atoms with van der Waals surface area (Å²) in [6, 6.07) is 0. The lowest BCUT2D eigenvalue weighted by molar-refractivity contribution is 0.311. The monoisotopic (exact) mass is 142 g/mol. The normalized spacial score (nSPS) is 13.0. The third kappa shape index (κ3) is 3.54. The number of hydrogen-bond donors (Lipinski definition) is 1. The molecule has 0 amide bonds. The maximum absolute atomic E-state index is 9.04. The standard InChI is InChI=1S/C9H18O/c1-4-6-7-9(5-2)8(3)10/h9-10H,3-7H2,1-2H3. The fraction of sp³-hybridized carbons (Fsp3) is 0.778. The Bertz CT molecular complexity index is 96.9. The Morgan fingerprint density at radius 2 is 2.10 bits per heavy atom. The molecule has 0 saturated heterocycles. The maximum Gasteiger partial charge on any atom is 0.0881 e. The zero-order chi connectivity index (χ0) is 7.98. The van der Waals surface area contributed by atoms with Crippen molar-refractivity contribution in [2.75, 3.05) is 0 Å². The Kier molecular flexibility index (Phi) is 5.09. The van der Waals surface area contributed by atoms with E-state index < -0.39 is 0 Å². The van der Waals surface area contributed by atoms with Crippen molar-refractivity contribution in [3.8, 4) is 0 Å². The van der Waals surface area contributed by atoms with E-state index in [2.05, 4.69) is 20.4 Å². The first-order chi connectivity index (χ1) is 4.72. The first-order valence-electron chi connectivity index (χ1n) is 4.10. The highest BCUT2D eigenvalue weighted by atomic mass is 16.3. The lowest BCUT2D eigenvalue weighted by Crippen LogP contribution is -2.00. The Morgan fingerprint density at radius 1 is 1.50 bits per heavy atom. The highest BCUT2D eigenvalue weighted by molar-refractivity contribution is 4.87. The van der Waals surface area contributed by atoms with Gasteiger partial charge in [-0.25, -0.2) is 0 Å². The first-order valence-corrected chi connectivity index (χ1v) is 4.10. The number of aliphatic hydroxyl groups excluding tert-OH is 1. The zero-order valence-corrected chi connectivity index (χ0v) is 7.06. The van der Waals surface area contributed by atoms with Gasteiger partial charge in [0.25, 0.3) is 0 Å². The molecule has 10 heavy (non-hydrogen) atoms. The highest BCUT2D eigenvalue weighted by Gasteiger charge is 2.07. The van der Waals surface area contributed by atoms with Gasteiger partial charge in [-0.15, -0.1) is 0 Å². The van der Waals surface area contributed by atoms with Crippen LogP contribution in [0.25, 0.3) is 0 Å². The molecule has 1 N–H and O–H groups in total. The highest BCUT2D eigenvalue weighted by Crippen LogP contribution is 2.17. The SMILES string of the molecule is C=C(O)C(CC)CCCC. The van der Waals surface area contributed by atoms with Crippen molar-refractivity contribution in [1.29, 1.82) is 0 Å². The third-order valence-electron chi connectivity index (χ3n) is 1.87. The Labute approximate surface area is 63.8 Å². The Morgan fingerprint density at radius 3 is 2.40 bits per heavy atom. The molecule has 0 heterocycles. The smallest absolute Gasteiger partial charge is 0.0881 e. The second kappa shape index (κ2) is 5.33. The van der Waals surface area contributed by atoms with Crippen LogP contribution in [0.3, 0.4) is 0 Å². The van der Waals surface area contributed by atoms with E-state index in [-0.39, 0.29) is 0 Å². The third-order valence-corrected chi connectivity index (χ3v) is 1.87. The van der Waals surface area contributed by atoms with Crippen molar-refractivity contribution in [3.05, 3.63) is 12.3 Å². The summed E-state index contributed by atoms with van der Waals surface area (Å²) in [7, 11) is 0. The average molecular weight is 142 g/mol. The molecule has 0 aliphatic rings. The molecule has 0 aromatic carbocycles. The molecule has 0 aromatic heterocycles. The van der Waals surface area contributed by atoms with Gasteiger partial charge >= 0.3 is 0 Å². The zero-order valence-electron chi connectivity index (χ0n) is 7.06. The number of rotatable bonds is 5. The predicted octanol–water partition coefficient (Wildman–Crippen LogP) is 3.27. The van der Waals surface area contributed by atoms with Crippen LogP contribution in [-0.4, -0.2) is 5.11 Å². The fourth-order valence-electron chi connectivity index (χ4n) is 1.06. The van der Waals surface area contributed by atoms with E-state index in [0.29, 0.717) is 11.7 Å². The molecule has 0 spiro atoms. The molecule has 1 heteroatoms. The van der Waals surface area contributed by atoms with Crippen LogP contribution < -0.4 is 0 Å². The van der Waals surface area contributed by atoms with Crippen LogP contribution in [-0.2, 0) is 0 Å². The minimum atomic E-state index is 0.333. The van der Waals surface area contributed by atoms with Crippen molar-refractivity contribution < 1.29 is 5.11 Å². The van der Waals surface area contributed by atoms with E-state index in [9.17, 15) is 0 Å². The summed E-state index contributed by atoms with van der Waals surface area (Å²) in [4.78, 5) is 0. The van der Waals surface area contributed by atoms with Crippen molar-refractivity contribution in [3.63, 3.8) is 0 Å². The van der Waals surface area contributed by atoms with E-state index in [1.807, 2.05) is 0 Å². The van der Waals surface area contributed by atoms with E-state index >= 15 is 0 Å². The van der Waals surface area contributed by atoms with Crippen LogP contribution in [0.2, 0.25) is 0 Å². The van der Waals surface area contributed by atoms with Gasteiger partial charge in [0, 0.05) is 5.92 Å².